The topological polar surface area (TPSA) is 37.3 Å². The normalized spacial score (nSPS) is 6.80. The molecule has 0 aliphatic carbocycles. The van der Waals surface area contributed by atoms with Crippen LogP contribution in [0, 0.1) is 0 Å². The van der Waals surface area contributed by atoms with Crippen LogP contribution in [0.3, 0.4) is 0 Å². The van der Waals surface area contributed by atoms with E-state index < -0.39 is 9.64 Å². The minimum absolute atomic E-state index is 0. The third kappa shape index (κ3) is 53.6. The van der Waals surface area contributed by atoms with E-state index in [1.165, 1.54) is 0 Å². The van der Waals surface area contributed by atoms with Gasteiger partial charge in [-0.05, 0) is 0 Å². The van der Waals surface area contributed by atoms with Gasteiger partial charge in [0.1, 0.15) is 0 Å². The van der Waals surface area contributed by atoms with Gasteiger partial charge in [-0.15, -0.1) is 0 Å². The van der Waals surface area contributed by atoms with Crippen LogP contribution in [0.5, 0.6) is 0 Å². The van der Waals surface area contributed by atoms with Crippen molar-refractivity contribution < 1.29 is 8.76 Å². The average Bonchev–Trinajstić information content (AvgIpc) is 0.811. The fourth-order valence-corrected chi connectivity index (χ4v) is 0. The molecule has 0 bridgehead atoms. The molecule has 0 aromatic carbocycles. The molecule has 0 saturated carbocycles. The van der Waals surface area contributed by atoms with E-state index in [-0.39, 0.29) is 17.4 Å². The van der Waals surface area contributed by atoms with Crippen molar-refractivity contribution in [2.75, 3.05) is 0 Å². The zero-order chi connectivity index (χ0) is 3.58. The van der Waals surface area contributed by atoms with Gasteiger partial charge < -0.3 is 8.76 Å². The second-order valence-electron chi connectivity index (χ2n) is 0.217. The van der Waals surface area contributed by atoms with E-state index in [0.29, 0.717) is 0 Å². The fourth-order valence-electron chi connectivity index (χ4n) is 0. The first kappa shape index (κ1) is 9.29. The first-order chi connectivity index (χ1) is 1.73. The van der Waals surface area contributed by atoms with Crippen LogP contribution in [0.4, 0.5) is 0 Å². The van der Waals surface area contributed by atoms with Crippen molar-refractivity contribution in [2.24, 2.45) is 0 Å². The van der Waals surface area contributed by atoms with Crippen molar-refractivity contribution in [2.45, 2.75) is 0 Å². The van der Waals surface area contributed by atoms with Crippen LogP contribution in [-0.4, -0.2) is 21.9 Å². The van der Waals surface area contributed by atoms with Crippen LogP contribution in [0.2, 0.25) is 0 Å². The predicted octanol–water partition coefficient (Wildman–Crippen LogP) is -1.03. The molecule has 0 rings (SSSR count). The molecule has 30 valence electrons. The Balaban J connectivity index is 0. The Labute approximate surface area is 47.2 Å². The van der Waals surface area contributed by atoms with Gasteiger partial charge in [-0.25, -0.2) is 11.2 Å². The van der Waals surface area contributed by atoms with Gasteiger partial charge in [-0.2, -0.15) is 0 Å². The number of rotatable bonds is 0. The summed E-state index contributed by atoms with van der Waals surface area (Å²) in [6.45, 7) is 0. The molecular weight excluding hydrogens is 123 g/mol. The monoisotopic (exact) mass is 126 g/mol. The van der Waals surface area contributed by atoms with Gasteiger partial charge in [0.2, 0.25) is 0 Å². The van der Waals surface area contributed by atoms with Crippen molar-refractivity contribution >= 4 is 38.2 Å². The molecule has 0 aromatic rings. The summed E-state index contributed by atoms with van der Waals surface area (Å²) in [5.74, 6) is 0. The molecule has 0 amide bonds. The minimum atomic E-state index is -2.03. The SMILES string of the molecule is O=[S-](O)=S.[AlH2+]. The van der Waals surface area contributed by atoms with E-state index >= 15 is 0 Å². The zero-order valence-corrected chi connectivity index (χ0v) is 6.30. The molecule has 0 radical (unpaired) electrons. The van der Waals surface area contributed by atoms with E-state index in [4.69, 9.17) is 8.76 Å². The molecule has 0 fully saturated rings. The van der Waals surface area contributed by atoms with Crippen molar-refractivity contribution in [3.8, 4) is 0 Å². The Morgan fingerprint density at radius 3 is 1.80 bits per heavy atom. The Kier molecular flexibility index (Phi) is 9.04. The maximum absolute atomic E-state index is 8.93. The second-order valence-corrected chi connectivity index (χ2v) is 1.51. The number of hydrogen-bond acceptors (Lipinski definition) is 3. The molecular formula is H3AlO2S2. The summed E-state index contributed by atoms with van der Waals surface area (Å²) >= 11 is 3.65. The van der Waals surface area contributed by atoms with E-state index in [1.54, 1.807) is 0 Å². The van der Waals surface area contributed by atoms with Gasteiger partial charge >= 0.3 is 17.4 Å². The average molecular weight is 126 g/mol. The van der Waals surface area contributed by atoms with Gasteiger partial charge in [0.25, 0.3) is 0 Å². The Hall–Kier alpha value is 0.862. The predicted molar refractivity (Wildman–Crippen MR) is 26.6 cm³/mol. The van der Waals surface area contributed by atoms with E-state index in [0.717, 1.165) is 0 Å². The van der Waals surface area contributed by atoms with Gasteiger partial charge in [0.15, 0.2) is 0 Å². The molecule has 0 aliphatic heterocycles. The van der Waals surface area contributed by atoms with Crippen LogP contribution >= 0.6 is 0 Å². The molecule has 0 heterocycles. The molecule has 2 nitrogen and oxygen atoms in total. The van der Waals surface area contributed by atoms with Gasteiger partial charge in [0.05, 0.1) is 0 Å². The first-order valence-corrected chi connectivity index (χ1v) is 2.55. The molecule has 5 heteroatoms. The summed E-state index contributed by atoms with van der Waals surface area (Å²) in [4.78, 5) is 0. The summed E-state index contributed by atoms with van der Waals surface area (Å²) in [5, 5.41) is 0. The molecule has 1 N–H and O–H groups in total. The van der Waals surface area contributed by atoms with Crippen molar-refractivity contribution in [3.05, 3.63) is 0 Å². The summed E-state index contributed by atoms with van der Waals surface area (Å²) in [5.41, 5.74) is 0. The first-order valence-electron chi connectivity index (χ1n) is 0.516. The fraction of sp³-hybridized carbons (Fsp3) is 0. The Morgan fingerprint density at radius 2 is 1.80 bits per heavy atom. The molecule has 0 aliphatic rings. The van der Waals surface area contributed by atoms with Gasteiger partial charge in [-0.1, -0.05) is 9.64 Å². The summed E-state index contributed by atoms with van der Waals surface area (Å²) < 4.78 is 16.3. The van der Waals surface area contributed by atoms with E-state index in [9.17, 15) is 0 Å². The Bertz CT molecular complexity index is 56.0. The van der Waals surface area contributed by atoms with Crippen LogP contribution in [0.25, 0.3) is 0 Å². The van der Waals surface area contributed by atoms with Crippen LogP contribution in [0.15, 0.2) is 0 Å². The third-order valence-electron chi connectivity index (χ3n) is 0. The van der Waals surface area contributed by atoms with E-state index in [1.807, 2.05) is 0 Å². The molecule has 0 spiro atoms. The van der Waals surface area contributed by atoms with Crippen LogP contribution < -0.4 is 0 Å². The summed E-state index contributed by atoms with van der Waals surface area (Å²) in [6, 6.07) is 0. The Morgan fingerprint density at radius 1 is 1.80 bits per heavy atom. The van der Waals surface area contributed by atoms with Crippen molar-refractivity contribution in [1.29, 1.82) is 0 Å². The van der Waals surface area contributed by atoms with E-state index in [2.05, 4.69) is 11.2 Å². The third-order valence-corrected chi connectivity index (χ3v) is 0. The van der Waals surface area contributed by atoms with Crippen LogP contribution in [0.1, 0.15) is 0 Å². The maximum atomic E-state index is 8.93. The quantitative estimate of drug-likeness (QED) is 0.256. The van der Waals surface area contributed by atoms with Crippen molar-refractivity contribution in [3.63, 3.8) is 0 Å². The summed E-state index contributed by atoms with van der Waals surface area (Å²) in [7, 11) is -2.03. The van der Waals surface area contributed by atoms with Crippen molar-refractivity contribution in [1.82, 2.24) is 0 Å². The molecule has 0 aromatic heterocycles. The second kappa shape index (κ2) is 4.86. The number of hydrogen-bond donors (Lipinski definition) is 1. The molecule has 5 heavy (non-hydrogen) atoms. The van der Waals surface area contributed by atoms with Crippen LogP contribution in [-0.2, 0) is 25.0 Å². The standard InChI is InChI=1S/Al.HO2S2.2H/c;1-4(2)3;;/h;(H,1,2,3);;/q+1;-1;;. The van der Waals surface area contributed by atoms with Gasteiger partial charge in [0, 0.05) is 0 Å². The molecule has 0 saturated heterocycles. The summed E-state index contributed by atoms with van der Waals surface area (Å²) in [6.07, 6.45) is 0. The molecule has 0 atom stereocenters. The van der Waals surface area contributed by atoms with Gasteiger partial charge in [-0.3, -0.25) is 0 Å². The zero-order valence-electron chi connectivity index (χ0n) is 2.67. The molecule has 0 unspecified atom stereocenters.